The fourth-order valence-corrected chi connectivity index (χ4v) is 0.926. The van der Waals surface area contributed by atoms with Crippen LogP contribution in [0.25, 0.3) is 0 Å². The first-order chi connectivity index (χ1) is 9.81. The topological polar surface area (TPSA) is 241 Å². The highest BCUT2D eigenvalue weighted by Gasteiger charge is 2.29. The molecule has 0 aliphatic rings. The molecule has 126 valence electrons. The Morgan fingerprint density at radius 3 is 1.32 bits per heavy atom. The maximum atomic E-state index is 10.1. The van der Waals surface area contributed by atoms with Crippen LogP contribution in [-0.4, -0.2) is 51.8 Å². The van der Waals surface area contributed by atoms with Crippen molar-refractivity contribution in [3.8, 4) is 0 Å². The van der Waals surface area contributed by atoms with Crippen molar-refractivity contribution in [1.82, 2.24) is 0 Å². The van der Waals surface area contributed by atoms with Gasteiger partial charge in [-0.1, -0.05) is 0 Å². The Kier molecular flexibility index (Phi) is 9.07. The number of carbonyl (C=O) groups excluding carboxylic acids is 5. The Bertz CT molecular complexity index is 437. The molecule has 12 heteroatoms. The van der Waals surface area contributed by atoms with Crippen LogP contribution in [0.2, 0.25) is 0 Å². The summed E-state index contributed by atoms with van der Waals surface area (Å²) in [5.41, 5.74) is -2.97. The number of hydrogen-bond donors (Lipinski definition) is 2. The van der Waals surface area contributed by atoms with E-state index in [1.54, 1.807) is 0 Å². The molecule has 0 amide bonds. The van der Waals surface area contributed by atoms with Gasteiger partial charge < -0.3 is 59.7 Å². The summed E-state index contributed by atoms with van der Waals surface area (Å²) in [6.45, 7) is 0. The maximum absolute atomic E-state index is 10.1. The predicted molar refractivity (Wildman–Crippen MR) is 49.8 cm³/mol. The van der Waals surface area contributed by atoms with E-state index in [1.165, 1.54) is 0 Å². The SMILES string of the molecule is O=C([O-])CC(O)(CC(=O)[O-])C(=O)[O-].O=C([O-])CC(O)C(=O)[O-]. The van der Waals surface area contributed by atoms with Crippen LogP contribution in [0.1, 0.15) is 19.3 Å². The molecule has 1 unspecified atom stereocenters. The normalized spacial score (nSPS) is 11.5. The zero-order chi connectivity index (χ0) is 18.1. The molecular weight excluding hydrogens is 312 g/mol. The van der Waals surface area contributed by atoms with E-state index in [9.17, 15) is 49.5 Å². The van der Waals surface area contributed by atoms with Crippen LogP contribution < -0.4 is 25.5 Å². The van der Waals surface area contributed by atoms with Gasteiger partial charge in [-0.25, -0.2) is 0 Å². The third-order valence-electron chi connectivity index (χ3n) is 1.89. The zero-order valence-corrected chi connectivity index (χ0v) is 10.7. The standard InChI is InChI=1S/C6H8O7.C4H6O5/c7-3(8)1-6(13,5(11)12)2-4(9)10;5-2(4(8)9)1-3(6)7/h13H,1-2H2,(H,7,8)(H,9,10)(H,11,12);2,5H,1H2,(H,6,7)(H,8,9)/p-5. The molecule has 22 heavy (non-hydrogen) atoms. The molecule has 0 heterocycles. The lowest BCUT2D eigenvalue weighted by Gasteiger charge is -2.29. The lowest BCUT2D eigenvalue weighted by molar-refractivity contribution is -0.339. The Balaban J connectivity index is 0. The van der Waals surface area contributed by atoms with Crippen LogP contribution in [0.3, 0.4) is 0 Å². The first kappa shape index (κ1) is 21.6. The van der Waals surface area contributed by atoms with Gasteiger partial charge in [0.1, 0.15) is 5.60 Å². The minimum absolute atomic E-state index is 0.928. The quantitative estimate of drug-likeness (QED) is 0.423. The first-order valence-corrected chi connectivity index (χ1v) is 5.24. The van der Waals surface area contributed by atoms with E-state index in [-0.39, 0.29) is 0 Å². The van der Waals surface area contributed by atoms with E-state index < -0.39 is 60.8 Å². The Hall–Kier alpha value is -2.73. The summed E-state index contributed by atoms with van der Waals surface area (Å²) >= 11 is 0. The van der Waals surface area contributed by atoms with Crippen molar-refractivity contribution in [2.45, 2.75) is 31.0 Å². The second-order valence-corrected chi connectivity index (χ2v) is 3.83. The van der Waals surface area contributed by atoms with Crippen LogP contribution >= 0.6 is 0 Å². The Morgan fingerprint density at radius 1 is 0.818 bits per heavy atom. The summed E-state index contributed by atoms with van der Waals surface area (Å²) in [6, 6.07) is 0. The van der Waals surface area contributed by atoms with Gasteiger partial charge in [-0.2, -0.15) is 0 Å². The molecule has 0 aliphatic heterocycles. The number of carboxylic acids is 5. The van der Waals surface area contributed by atoms with Crippen LogP contribution in [-0.2, 0) is 24.0 Å². The second kappa shape index (κ2) is 9.25. The van der Waals surface area contributed by atoms with Crippen molar-refractivity contribution in [2.75, 3.05) is 0 Å². The number of rotatable bonds is 8. The summed E-state index contributed by atoms with van der Waals surface area (Å²) in [7, 11) is 0. The molecule has 0 aromatic carbocycles. The Morgan fingerprint density at radius 2 is 1.18 bits per heavy atom. The van der Waals surface area contributed by atoms with Gasteiger partial charge in [-0.05, 0) is 0 Å². The first-order valence-electron chi connectivity index (χ1n) is 5.24. The average Bonchev–Trinajstić information content (AvgIpc) is 2.25. The number of aliphatic hydroxyl groups excluding tert-OH is 1. The van der Waals surface area contributed by atoms with Gasteiger partial charge in [0.05, 0.1) is 18.0 Å². The third kappa shape index (κ3) is 10.1. The number of aliphatic hydroxyl groups is 2. The minimum Gasteiger partial charge on any atom is -0.550 e. The van der Waals surface area contributed by atoms with E-state index >= 15 is 0 Å². The zero-order valence-electron chi connectivity index (χ0n) is 10.7. The van der Waals surface area contributed by atoms with Crippen LogP contribution in [0.4, 0.5) is 0 Å². The average molecular weight is 321 g/mol. The molecule has 12 nitrogen and oxygen atoms in total. The molecule has 0 saturated carbocycles. The molecule has 0 aliphatic carbocycles. The number of hydrogen-bond acceptors (Lipinski definition) is 12. The van der Waals surface area contributed by atoms with E-state index in [2.05, 4.69) is 0 Å². The van der Waals surface area contributed by atoms with Crippen molar-refractivity contribution < 1.29 is 59.7 Å². The maximum Gasteiger partial charge on any atom is 0.114 e. The summed E-state index contributed by atoms with van der Waals surface area (Å²) in [5.74, 6) is -9.41. The van der Waals surface area contributed by atoms with Crippen molar-refractivity contribution in [1.29, 1.82) is 0 Å². The lowest BCUT2D eigenvalue weighted by Crippen LogP contribution is -2.54. The second-order valence-electron chi connectivity index (χ2n) is 3.83. The highest BCUT2D eigenvalue weighted by atomic mass is 16.4. The van der Waals surface area contributed by atoms with Gasteiger partial charge in [0.15, 0.2) is 0 Å². The van der Waals surface area contributed by atoms with E-state index in [1.807, 2.05) is 0 Å². The Labute approximate surface area is 121 Å². The van der Waals surface area contributed by atoms with E-state index in [0.29, 0.717) is 0 Å². The van der Waals surface area contributed by atoms with Gasteiger partial charge in [0.2, 0.25) is 0 Å². The van der Waals surface area contributed by atoms with Crippen LogP contribution in [0.5, 0.6) is 0 Å². The molecule has 2 N–H and O–H groups in total. The molecule has 0 spiro atoms. The fourth-order valence-electron chi connectivity index (χ4n) is 0.926. The molecule has 0 aromatic rings. The number of aliphatic carboxylic acids is 5. The van der Waals surface area contributed by atoms with Crippen molar-refractivity contribution in [3.05, 3.63) is 0 Å². The van der Waals surface area contributed by atoms with Gasteiger partial charge in [-0.3, -0.25) is 0 Å². The summed E-state index contributed by atoms with van der Waals surface area (Å²) in [6.07, 6.45) is -5.61. The van der Waals surface area contributed by atoms with Gasteiger partial charge >= 0.3 is 0 Å². The minimum atomic E-state index is -2.97. The molecule has 1 atom stereocenters. The van der Waals surface area contributed by atoms with E-state index in [4.69, 9.17) is 10.2 Å². The molecule has 0 fully saturated rings. The molecule has 0 rings (SSSR count). The van der Waals surface area contributed by atoms with Gasteiger partial charge in [-0.15, -0.1) is 0 Å². The molecule has 0 aromatic heterocycles. The lowest BCUT2D eigenvalue weighted by atomic mass is 9.96. The monoisotopic (exact) mass is 321 g/mol. The van der Waals surface area contributed by atoms with Crippen molar-refractivity contribution in [3.63, 3.8) is 0 Å². The fraction of sp³-hybridized carbons (Fsp3) is 0.500. The highest BCUT2D eigenvalue weighted by molar-refractivity contribution is 5.86. The summed E-state index contributed by atoms with van der Waals surface area (Å²) in [5, 5.41) is 66.3. The van der Waals surface area contributed by atoms with Crippen LogP contribution in [0.15, 0.2) is 0 Å². The number of carbonyl (C=O) groups is 5. The molecule has 0 saturated heterocycles. The van der Waals surface area contributed by atoms with Gasteiger partial charge in [0.25, 0.3) is 0 Å². The molecule has 0 radical (unpaired) electrons. The largest absolute Gasteiger partial charge is 0.550 e. The van der Waals surface area contributed by atoms with Crippen molar-refractivity contribution >= 4 is 29.8 Å². The summed E-state index contributed by atoms with van der Waals surface area (Å²) in [4.78, 5) is 49.1. The third-order valence-corrected chi connectivity index (χ3v) is 1.89. The van der Waals surface area contributed by atoms with E-state index in [0.717, 1.165) is 0 Å². The molecule has 0 bridgehead atoms. The predicted octanol–water partition coefficient (Wildman–Crippen LogP) is -9.02. The molecular formula is C10H9O12-5. The van der Waals surface area contributed by atoms with Crippen LogP contribution in [0, 0.1) is 0 Å². The smallest absolute Gasteiger partial charge is 0.114 e. The summed E-state index contributed by atoms with van der Waals surface area (Å²) < 4.78 is 0. The number of carboxylic acid groups (broad SMARTS) is 5. The van der Waals surface area contributed by atoms with Crippen molar-refractivity contribution in [2.24, 2.45) is 0 Å². The van der Waals surface area contributed by atoms with Gasteiger partial charge in [0, 0.05) is 37.2 Å². The highest BCUT2D eigenvalue weighted by Crippen LogP contribution is 2.13.